The first-order valence-electron chi connectivity index (χ1n) is 31.4. The molecule has 11 rings (SSSR count). The third-order valence-electron chi connectivity index (χ3n) is 18.4. The third kappa shape index (κ3) is 14.9. The van der Waals surface area contributed by atoms with Crippen molar-refractivity contribution in [3.05, 3.63) is 201 Å². The van der Waals surface area contributed by atoms with Gasteiger partial charge >= 0.3 is 5.97 Å². The summed E-state index contributed by atoms with van der Waals surface area (Å²) >= 11 is 0. The van der Waals surface area contributed by atoms with Crippen LogP contribution in [0.15, 0.2) is 177 Å². The Balaban J connectivity index is 0.941. The van der Waals surface area contributed by atoms with Gasteiger partial charge in [-0.1, -0.05) is 50.3 Å². The summed E-state index contributed by atoms with van der Waals surface area (Å²) < 4.78 is 148. The highest BCUT2D eigenvalue weighted by atomic mass is 32.2. The molecule has 1 aliphatic carbocycles. The number of nitrogen functional groups attached to an aromatic ring is 1. The van der Waals surface area contributed by atoms with Gasteiger partial charge in [-0.15, -0.1) is 0 Å². The average Bonchev–Trinajstić information content (AvgIpc) is 1.58. The first kappa shape index (κ1) is 70.8. The molecule has 0 spiro atoms. The molecule has 2 aliphatic heterocycles. The summed E-state index contributed by atoms with van der Waals surface area (Å²) in [5.41, 5.74) is 11.0. The Morgan fingerprint density at radius 3 is 2.00 bits per heavy atom. The van der Waals surface area contributed by atoms with Gasteiger partial charge in [0.1, 0.15) is 17.6 Å². The molecule has 2 aromatic heterocycles. The number of carbonyl (C=O) groups is 2. The Morgan fingerprint density at radius 2 is 1.37 bits per heavy atom. The minimum atomic E-state index is -4.57. The number of nitrogens with two attached hydrogens (primary N) is 1. The van der Waals surface area contributed by atoms with E-state index in [1.54, 1.807) is 72.8 Å². The highest BCUT2D eigenvalue weighted by molar-refractivity contribution is 7.87. The molecule has 518 valence electrons. The van der Waals surface area contributed by atoms with E-state index in [2.05, 4.69) is 30.6 Å². The fraction of sp³-hybridized carbons (Fsp3) is 0.290. The molecule has 3 unspecified atom stereocenters. The topological polar surface area (TPSA) is 409 Å². The van der Waals surface area contributed by atoms with Crippen LogP contribution >= 0.6 is 0 Å². The zero-order chi connectivity index (χ0) is 71.5. The second kappa shape index (κ2) is 27.0. The Bertz CT molecular complexity index is 5360. The van der Waals surface area contributed by atoms with Crippen molar-refractivity contribution >= 4 is 114 Å². The molecule has 0 saturated heterocycles. The van der Waals surface area contributed by atoms with Crippen molar-refractivity contribution in [2.24, 2.45) is 0 Å². The van der Waals surface area contributed by atoms with Crippen LogP contribution in [0.25, 0.3) is 32.7 Å². The number of nitrogens with zero attached hydrogens (tertiary/aromatic N) is 5. The van der Waals surface area contributed by atoms with E-state index in [1.807, 2.05) is 61.5 Å². The van der Waals surface area contributed by atoms with Crippen molar-refractivity contribution in [3.8, 4) is 5.75 Å². The van der Waals surface area contributed by atoms with Crippen LogP contribution in [0.3, 0.4) is 0 Å². The van der Waals surface area contributed by atoms with E-state index < -0.39 is 85.3 Å². The number of H-pyrrole nitrogens is 1. The summed E-state index contributed by atoms with van der Waals surface area (Å²) in [6, 6.07) is 27.3. The number of carboxylic acids is 1. The van der Waals surface area contributed by atoms with Gasteiger partial charge in [0.15, 0.2) is 23.4 Å². The fourth-order valence-electron chi connectivity index (χ4n) is 13.1. The molecule has 26 nitrogen and oxygen atoms in total. The van der Waals surface area contributed by atoms with Gasteiger partial charge in [-0.05, 0) is 182 Å². The normalized spacial score (nSPS) is 17.4. The van der Waals surface area contributed by atoms with Gasteiger partial charge in [-0.25, -0.2) is 14.8 Å². The van der Waals surface area contributed by atoms with Gasteiger partial charge in [-0.2, -0.15) is 43.2 Å². The number of allylic oxidation sites excluding steroid dienone is 7. The van der Waals surface area contributed by atoms with Crippen molar-refractivity contribution in [3.63, 3.8) is 0 Å². The summed E-state index contributed by atoms with van der Waals surface area (Å²) in [6.45, 7) is 11.1. The second-order valence-electron chi connectivity index (χ2n) is 25.8. The van der Waals surface area contributed by atoms with Crippen LogP contribution in [0.2, 0.25) is 0 Å². The first-order chi connectivity index (χ1) is 46.5. The largest absolute Gasteiger partial charge is 0.480 e. The number of hydrogen-bond acceptors (Lipinski definition) is 18. The summed E-state index contributed by atoms with van der Waals surface area (Å²) in [4.78, 5) is 55.0. The van der Waals surface area contributed by atoms with Gasteiger partial charge < -0.3 is 31.1 Å². The van der Waals surface area contributed by atoms with E-state index >= 15 is 0 Å². The molecule has 1 amide bonds. The van der Waals surface area contributed by atoms with Crippen molar-refractivity contribution in [1.82, 2.24) is 25.3 Å². The van der Waals surface area contributed by atoms with Gasteiger partial charge in [0, 0.05) is 65.1 Å². The van der Waals surface area contributed by atoms with Gasteiger partial charge in [-0.3, -0.25) is 32.8 Å². The van der Waals surface area contributed by atoms with E-state index in [1.165, 1.54) is 56.4 Å². The number of fused-ring (bicyclic) bond motifs is 7. The number of rotatable bonds is 23. The van der Waals surface area contributed by atoms with Crippen LogP contribution in [0, 0.1) is 0 Å². The summed E-state index contributed by atoms with van der Waals surface area (Å²) in [6.07, 6.45) is 10.6. The van der Waals surface area contributed by atoms with Gasteiger partial charge in [0.2, 0.25) is 11.6 Å². The second-order valence-corrected chi connectivity index (χ2v) is 32.3. The van der Waals surface area contributed by atoms with Crippen LogP contribution in [-0.2, 0) is 69.1 Å². The molecule has 8 aromatic rings. The quantitative estimate of drug-likeness (QED) is 0.0212. The molecule has 0 fully saturated rings. The lowest BCUT2D eigenvalue weighted by atomic mass is 9.78. The highest BCUT2D eigenvalue weighted by Crippen LogP contribution is 2.52. The standard InChI is InChI=1S/C69H71N9O17S4/c1-39(96(83,84)85)30-32-77-55-26-14-45-35-50(98(89,90)91)22-24-52(45)59(55)68(3,4)57(77)28-16-42-8-7-9-43(17-29-58-69(5,6)60-53-25-23-51(99(92,93)94)36-46(53)15-27-56(60)78(58)33-31-40(2)97(86,87)88)62(42)95-49-20-10-41(11-21-49)34-54(66(81)82)74-64(79)44-12-18-47(19-13-44)71-37-48-38-72-63-61(73-48)65(80)76-67(70)75-63/h10-29,35-36,38-40,54H,7-9,30-34,37H2,1-6H3,(H9-,70,71,72,74,75,76,79,80,81,82,83,84,85,86,87,88,89,90,91,92,93,94)/p+1. The lowest BCUT2D eigenvalue weighted by Crippen LogP contribution is -2.42. The minimum Gasteiger partial charge on any atom is -0.480 e. The SMILES string of the molecule is CC(CCN1C(=CC=C2CCCC(C=CC3=[N+](CCC(C)S(=O)(=O)O)c4ccc5cc(S(=O)(=O)O)ccc5c4C3(C)C)=C2Oc2ccc(CC(NC(=O)c3ccc(NCc4cnc5nc(N)[nH]c(=O)c5n4)cc3)C(=O)O)cc2)C(C)(C)c2c1ccc1cc(S(=O)(=O)O)ccc21)S(=O)(=O)O. The number of nitrogens with one attached hydrogen (secondary N) is 3. The molecular weight excluding hydrogens is 1360 g/mol. The maximum Gasteiger partial charge on any atom is 0.326 e. The summed E-state index contributed by atoms with van der Waals surface area (Å²) in [5.74, 6) is -1.25. The number of benzene rings is 6. The lowest BCUT2D eigenvalue weighted by Gasteiger charge is -2.28. The number of aromatic nitrogens is 4. The molecule has 99 heavy (non-hydrogen) atoms. The van der Waals surface area contributed by atoms with Crippen molar-refractivity contribution < 1.29 is 75.9 Å². The Kier molecular flexibility index (Phi) is 19.3. The maximum atomic E-state index is 13.6. The molecule has 0 bridgehead atoms. The van der Waals surface area contributed by atoms with Crippen molar-refractivity contribution in [2.75, 3.05) is 29.0 Å². The highest BCUT2D eigenvalue weighted by Gasteiger charge is 2.47. The third-order valence-corrected chi connectivity index (χ3v) is 22.6. The molecule has 10 N–H and O–H groups in total. The van der Waals surface area contributed by atoms with E-state index in [0.29, 0.717) is 92.0 Å². The lowest BCUT2D eigenvalue weighted by molar-refractivity contribution is -0.438. The predicted molar refractivity (Wildman–Crippen MR) is 374 cm³/mol. The number of ether oxygens (including phenoxy) is 1. The van der Waals surface area contributed by atoms with E-state index in [-0.39, 0.29) is 71.4 Å². The number of aromatic amines is 1. The monoisotopic (exact) mass is 1430 g/mol. The number of amides is 1. The average molecular weight is 1430 g/mol. The summed E-state index contributed by atoms with van der Waals surface area (Å²) in [5, 5.41) is 16.3. The molecule has 3 aliphatic rings. The van der Waals surface area contributed by atoms with E-state index in [0.717, 1.165) is 22.3 Å². The molecule has 30 heteroatoms. The first-order valence-corrected chi connectivity index (χ1v) is 37.3. The maximum absolute atomic E-state index is 13.6. The Labute approximate surface area is 570 Å². The molecule has 6 aromatic carbocycles. The molecule has 4 heterocycles. The molecule has 0 saturated carbocycles. The molecule has 3 atom stereocenters. The van der Waals surface area contributed by atoms with Crippen LogP contribution in [0.5, 0.6) is 5.75 Å². The Hall–Kier alpha value is -9.53. The Morgan fingerprint density at radius 1 is 0.747 bits per heavy atom. The number of carbonyl (C=O) groups excluding carboxylic acids is 1. The minimum absolute atomic E-state index is 0.00687. The van der Waals surface area contributed by atoms with Crippen LogP contribution in [-0.4, -0.2) is 129 Å². The van der Waals surface area contributed by atoms with Crippen molar-refractivity contribution in [1.29, 1.82) is 0 Å². The van der Waals surface area contributed by atoms with Crippen molar-refractivity contribution in [2.45, 2.75) is 124 Å². The smallest absolute Gasteiger partial charge is 0.326 e. The van der Waals surface area contributed by atoms with Crippen LogP contribution < -0.4 is 31.6 Å². The molecule has 0 radical (unpaired) electrons. The number of anilines is 3. The number of carboxylic acid groups (broad SMARTS) is 1. The number of hydrogen-bond donors (Lipinski definition) is 9. The fourth-order valence-corrected chi connectivity index (χ4v) is 14.9. The van der Waals surface area contributed by atoms with Gasteiger partial charge in [0.25, 0.3) is 51.9 Å². The predicted octanol–water partition coefficient (Wildman–Crippen LogP) is 9.52. The van der Waals surface area contributed by atoms with E-state index in [4.69, 9.17) is 10.5 Å². The van der Waals surface area contributed by atoms with Crippen LogP contribution in [0.4, 0.5) is 23.0 Å². The van der Waals surface area contributed by atoms with E-state index in [9.17, 15) is 71.4 Å². The summed E-state index contributed by atoms with van der Waals surface area (Å²) in [7, 11) is -18.0. The zero-order valence-corrected chi connectivity index (χ0v) is 57.7. The zero-order valence-electron chi connectivity index (χ0n) is 54.5. The number of aliphatic carboxylic acids is 1. The molecular formula is C69H72N9O17S4+. The van der Waals surface area contributed by atoms with Gasteiger partial charge in [0.05, 0.1) is 44.1 Å². The van der Waals surface area contributed by atoms with Crippen LogP contribution in [0.1, 0.15) is 106 Å².